The quantitative estimate of drug-likeness (QED) is 0.865. The third-order valence-electron chi connectivity index (χ3n) is 3.16. The molecule has 2 aromatic rings. The van der Waals surface area contributed by atoms with E-state index >= 15 is 0 Å². The topological polar surface area (TPSA) is 12.0 Å². The molecule has 2 aromatic carbocycles. The largest absolute Gasteiger partial charge is 0.310 e. The van der Waals surface area contributed by atoms with Crippen molar-refractivity contribution < 1.29 is 8.78 Å². The lowest BCUT2D eigenvalue weighted by atomic mass is 9.99. The molecule has 0 aliphatic carbocycles. The minimum Gasteiger partial charge on any atom is -0.310 e. The number of hydrogen-bond donors (Lipinski definition) is 1. The van der Waals surface area contributed by atoms with Gasteiger partial charge in [-0.05, 0) is 37.2 Å². The molecule has 100 valence electrons. The summed E-state index contributed by atoms with van der Waals surface area (Å²) >= 11 is 0. The smallest absolute Gasteiger partial charge is 0.131 e. The van der Waals surface area contributed by atoms with Crippen LogP contribution in [0.15, 0.2) is 42.5 Å². The van der Waals surface area contributed by atoms with Crippen LogP contribution in [0.5, 0.6) is 0 Å². The molecule has 1 N–H and O–H groups in total. The van der Waals surface area contributed by atoms with Gasteiger partial charge in [-0.25, -0.2) is 8.78 Å². The zero-order valence-electron chi connectivity index (χ0n) is 11.1. The van der Waals surface area contributed by atoms with Crippen LogP contribution in [0.2, 0.25) is 0 Å². The Morgan fingerprint density at radius 1 is 1.00 bits per heavy atom. The minimum atomic E-state index is -0.408. The fourth-order valence-corrected chi connectivity index (χ4v) is 2.12. The van der Waals surface area contributed by atoms with E-state index in [1.165, 1.54) is 12.1 Å². The molecule has 0 bridgehead atoms. The molecule has 1 atom stereocenters. The molecule has 0 aliphatic rings. The summed E-state index contributed by atoms with van der Waals surface area (Å²) in [6.07, 6.45) is 0. The maximum Gasteiger partial charge on any atom is 0.131 e. The Morgan fingerprint density at radius 3 is 2.37 bits per heavy atom. The molecule has 19 heavy (non-hydrogen) atoms. The van der Waals surface area contributed by atoms with E-state index in [4.69, 9.17) is 0 Å². The minimum absolute atomic E-state index is 0.108. The van der Waals surface area contributed by atoms with Gasteiger partial charge in [-0.2, -0.15) is 0 Å². The molecule has 0 spiro atoms. The van der Waals surface area contributed by atoms with E-state index in [0.29, 0.717) is 11.1 Å². The second-order valence-electron chi connectivity index (χ2n) is 4.50. The number of halogens is 2. The number of rotatable bonds is 4. The van der Waals surface area contributed by atoms with E-state index < -0.39 is 11.6 Å². The Bertz CT molecular complexity index is 566. The van der Waals surface area contributed by atoms with Crippen molar-refractivity contribution in [1.29, 1.82) is 0 Å². The third kappa shape index (κ3) is 2.99. The molecule has 1 unspecified atom stereocenters. The Kier molecular flexibility index (Phi) is 4.27. The number of benzene rings is 2. The average molecular weight is 261 g/mol. The normalized spacial score (nSPS) is 12.4. The lowest BCUT2D eigenvalue weighted by Crippen LogP contribution is -2.17. The second-order valence-corrected chi connectivity index (χ2v) is 4.50. The first-order valence-electron chi connectivity index (χ1n) is 6.41. The predicted octanol–water partition coefficient (Wildman–Crippen LogP) is 4.30. The Labute approximate surface area is 112 Å². The first kappa shape index (κ1) is 13.7. The van der Waals surface area contributed by atoms with E-state index in [2.05, 4.69) is 5.32 Å². The third-order valence-corrected chi connectivity index (χ3v) is 3.16. The maximum absolute atomic E-state index is 13.9. The van der Waals surface area contributed by atoms with Crippen LogP contribution in [0.25, 0.3) is 11.1 Å². The summed E-state index contributed by atoms with van der Waals surface area (Å²) in [5.41, 5.74) is 1.55. The van der Waals surface area contributed by atoms with Crippen molar-refractivity contribution >= 4 is 0 Å². The van der Waals surface area contributed by atoms with Gasteiger partial charge >= 0.3 is 0 Å². The van der Waals surface area contributed by atoms with Gasteiger partial charge in [0, 0.05) is 17.2 Å². The zero-order valence-corrected chi connectivity index (χ0v) is 11.1. The molecule has 0 saturated heterocycles. The molecular weight excluding hydrogens is 244 g/mol. The van der Waals surface area contributed by atoms with Crippen LogP contribution in [0.4, 0.5) is 8.78 Å². The van der Waals surface area contributed by atoms with Crippen LogP contribution in [0, 0.1) is 11.6 Å². The molecule has 0 heterocycles. The van der Waals surface area contributed by atoms with Crippen molar-refractivity contribution in [2.24, 2.45) is 0 Å². The molecule has 0 aromatic heterocycles. The van der Waals surface area contributed by atoms with E-state index in [1.807, 2.05) is 13.8 Å². The highest BCUT2D eigenvalue weighted by molar-refractivity contribution is 5.65. The summed E-state index contributed by atoms with van der Waals surface area (Å²) < 4.78 is 27.7. The lowest BCUT2D eigenvalue weighted by Gasteiger charge is -2.14. The molecule has 0 fully saturated rings. The van der Waals surface area contributed by atoms with Gasteiger partial charge in [0.2, 0.25) is 0 Å². The van der Waals surface area contributed by atoms with Crippen molar-refractivity contribution in [3.63, 3.8) is 0 Å². The van der Waals surface area contributed by atoms with Gasteiger partial charge in [0.25, 0.3) is 0 Å². The molecule has 0 radical (unpaired) electrons. The van der Waals surface area contributed by atoms with Gasteiger partial charge in [0.05, 0.1) is 0 Å². The van der Waals surface area contributed by atoms with Crippen molar-refractivity contribution in [1.82, 2.24) is 5.32 Å². The van der Waals surface area contributed by atoms with Gasteiger partial charge in [-0.3, -0.25) is 0 Å². The second kappa shape index (κ2) is 5.93. The van der Waals surface area contributed by atoms with Gasteiger partial charge < -0.3 is 5.32 Å². The Morgan fingerprint density at radius 2 is 1.68 bits per heavy atom. The number of hydrogen-bond acceptors (Lipinski definition) is 1. The Balaban J connectivity index is 2.46. The summed E-state index contributed by atoms with van der Waals surface area (Å²) in [6.45, 7) is 4.84. The SMILES string of the molecule is CCNC(C)c1ccc(F)c(-c2ccccc2F)c1. The molecule has 2 rings (SSSR count). The average Bonchev–Trinajstić information content (AvgIpc) is 2.40. The highest BCUT2D eigenvalue weighted by Gasteiger charge is 2.12. The fourth-order valence-electron chi connectivity index (χ4n) is 2.12. The summed E-state index contributed by atoms with van der Waals surface area (Å²) in [5.74, 6) is -0.813. The predicted molar refractivity (Wildman–Crippen MR) is 73.9 cm³/mol. The molecule has 0 amide bonds. The molecular formula is C16H17F2N. The van der Waals surface area contributed by atoms with Crippen molar-refractivity contribution in [2.45, 2.75) is 19.9 Å². The van der Waals surface area contributed by atoms with E-state index in [0.717, 1.165) is 12.1 Å². The van der Waals surface area contributed by atoms with E-state index in [-0.39, 0.29) is 6.04 Å². The van der Waals surface area contributed by atoms with Crippen molar-refractivity contribution in [2.75, 3.05) is 6.54 Å². The molecule has 0 aliphatic heterocycles. The lowest BCUT2D eigenvalue weighted by molar-refractivity contribution is 0.591. The first-order chi connectivity index (χ1) is 9.13. The molecule has 1 nitrogen and oxygen atoms in total. The van der Waals surface area contributed by atoms with Crippen molar-refractivity contribution in [3.05, 3.63) is 59.7 Å². The van der Waals surface area contributed by atoms with E-state index in [1.54, 1.807) is 30.3 Å². The first-order valence-corrected chi connectivity index (χ1v) is 6.41. The zero-order chi connectivity index (χ0) is 13.8. The fraction of sp³-hybridized carbons (Fsp3) is 0.250. The van der Waals surface area contributed by atoms with Crippen LogP contribution in [0.1, 0.15) is 25.5 Å². The van der Waals surface area contributed by atoms with Crippen molar-refractivity contribution in [3.8, 4) is 11.1 Å². The van der Waals surface area contributed by atoms with Gasteiger partial charge in [-0.1, -0.05) is 31.2 Å². The summed E-state index contributed by atoms with van der Waals surface area (Å²) in [5, 5.41) is 3.26. The number of nitrogens with one attached hydrogen (secondary N) is 1. The Hall–Kier alpha value is -1.74. The standard InChI is InChI=1S/C16H17F2N/c1-3-19-11(2)12-8-9-16(18)14(10-12)13-6-4-5-7-15(13)17/h4-11,19H,3H2,1-2H3. The van der Waals surface area contributed by atoms with Gasteiger partial charge in [0.1, 0.15) is 11.6 Å². The van der Waals surface area contributed by atoms with Crippen LogP contribution < -0.4 is 5.32 Å². The van der Waals surface area contributed by atoms with Crippen LogP contribution in [-0.4, -0.2) is 6.54 Å². The van der Waals surface area contributed by atoms with Crippen LogP contribution >= 0.6 is 0 Å². The highest BCUT2D eigenvalue weighted by atomic mass is 19.1. The molecule has 0 saturated carbocycles. The van der Waals surface area contributed by atoms with E-state index in [9.17, 15) is 8.78 Å². The summed E-state index contributed by atoms with van der Waals surface area (Å²) in [6, 6.07) is 11.2. The van der Waals surface area contributed by atoms with Crippen LogP contribution in [-0.2, 0) is 0 Å². The summed E-state index contributed by atoms with van der Waals surface area (Å²) in [7, 11) is 0. The van der Waals surface area contributed by atoms with Crippen LogP contribution in [0.3, 0.4) is 0 Å². The molecule has 3 heteroatoms. The van der Waals surface area contributed by atoms with Gasteiger partial charge in [-0.15, -0.1) is 0 Å². The maximum atomic E-state index is 13.9. The summed E-state index contributed by atoms with van der Waals surface area (Å²) in [4.78, 5) is 0. The van der Waals surface area contributed by atoms with Gasteiger partial charge in [0.15, 0.2) is 0 Å². The highest BCUT2D eigenvalue weighted by Crippen LogP contribution is 2.28. The monoisotopic (exact) mass is 261 g/mol.